The van der Waals surface area contributed by atoms with Gasteiger partial charge in [-0.15, -0.1) is 0 Å². The minimum Gasteiger partial charge on any atom is -0.354 e. The summed E-state index contributed by atoms with van der Waals surface area (Å²) < 4.78 is 0. The second-order valence-electron chi connectivity index (χ2n) is 5.74. The average molecular weight is 305 g/mol. The summed E-state index contributed by atoms with van der Waals surface area (Å²) in [7, 11) is 0. The molecular formula is C17H27N3O2. The van der Waals surface area contributed by atoms with Crippen LogP contribution in [-0.2, 0) is 16.0 Å². The zero-order valence-electron chi connectivity index (χ0n) is 13.5. The topological polar surface area (TPSA) is 84.2 Å². The van der Waals surface area contributed by atoms with Gasteiger partial charge in [0.15, 0.2) is 0 Å². The lowest BCUT2D eigenvalue weighted by Crippen LogP contribution is -2.50. The van der Waals surface area contributed by atoms with Gasteiger partial charge in [-0.2, -0.15) is 0 Å². The Morgan fingerprint density at radius 3 is 2.41 bits per heavy atom. The molecule has 1 atom stereocenters. The normalized spacial score (nSPS) is 12.0. The van der Waals surface area contributed by atoms with Crippen LogP contribution < -0.4 is 16.4 Å². The van der Waals surface area contributed by atoms with E-state index >= 15 is 0 Å². The molecule has 1 aromatic carbocycles. The lowest BCUT2D eigenvalue weighted by molar-refractivity contribution is -0.129. The predicted octanol–water partition coefficient (Wildman–Crippen LogP) is 1.23. The summed E-state index contributed by atoms with van der Waals surface area (Å²) in [4.78, 5) is 24.3. The zero-order valence-corrected chi connectivity index (χ0v) is 13.5. The summed E-state index contributed by atoms with van der Waals surface area (Å²) in [6.45, 7) is 5.06. The van der Waals surface area contributed by atoms with E-state index in [4.69, 9.17) is 5.73 Å². The molecule has 0 aliphatic heterocycles. The van der Waals surface area contributed by atoms with Crippen molar-refractivity contribution in [2.75, 3.05) is 13.1 Å². The van der Waals surface area contributed by atoms with Crippen molar-refractivity contribution in [3.63, 3.8) is 0 Å². The van der Waals surface area contributed by atoms with Crippen molar-refractivity contribution in [1.82, 2.24) is 10.6 Å². The third-order valence-corrected chi connectivity index (χ3v) is 3.40. The molecule has 0 saturated carbocycles. The Balaban J connectivity index is 2.49. The van der Waals surface area contributed by atoms with E-state index in [1.54, 1.807) is 0 Å². The third kappa shape index (κ3) is 6.72. The summed E-state index contributed by atoms with van der Waals surface area (Å²) in [5.41, 5.74) is 6.36. The zero-order chi connectivity index (χ0) is 16.4. The van der Waals surface area contributed by atoms with Gasteiger partial charge in [0.05, 0.1) is 6.42 Å². The SMILES string of the molecule is CC(C)C(NC(=O)Cc1ccccc1)C(=O)NCCCCN. The highest BCUT2D eigenvalue weighted by Gasteiger charge is 2.23. The van der Waals surface area contributed by atoms with Crippen LogP contribution in [0.15, 0.2) is 30.3 Å². The monoisotopic (exact) mass is 305 g/mol. The molecule has 1 rings (SSSR count). The Kier molecular flexibility index (Phi) is 8.22. The number of benzene rings is 1. The molecule has 4 N–H and O–H groups in total. The summed E-state index contributed by atoms with van der Waals surface area (Å²) in [6, 6.07) is 8.99. The van der Waals surface area contributed by atoms with Gasteiger partial charge in [0.2, 0.25) is 11.8 Å². The molecule has 1 unspecified atom stereocenters. The molecule has 2 amide bonds. The number of nitrogens with one attached hydrogen (secondary N) is 2. The fourth-order valence-corrected chi connectivity index (χ4v) is 2.13. The first kappa shape index (κ1) is 18.2. The van der Waals surface area contributed by atoms with Crippen LogP contribution in [0, 0.1) is 5.92 Å². The van der Waals surface area contributed by atoms with Crippen molar-refractivity contribution in [2.45, 2.75) is 39.2 Å². The van der Waals surface area contributed by atoms with Crippen molar-refractivity contribution >= 4 is 11.8 Å². The van der Waals surface area contributed by atoms with Crippen molar-refractivity contribution in [2.24, 2.45) is 11.7 Å². The minimum absolute atomic E-state index is 0.0363. The average Bonchev–Trinajstić information content (AvgIpc) is 2.49. The van der Waals surface area contributed by atoms with Gasteiger partial charge < -0.3 is 16.4 Å². The Labute approximate surface area is 132 Å². The smallest absolute Gasteiger partial charge is 0.242 e. The Morgan fingerprint density at radius 2 is 1.82 bits per heavy atom. The molecule has 0 saturated heterocycles. The first-order valence-electron chi connectivity index (χ1n) is 7.85. The molecule has 0 aliphatic carbocycles. The first-order chi connectivity index (χ1) is 10.5. The first-order valence-corrected chi connectivity index (χ1v) is 7.85. The number of carbonyl (C=O) groups excluding carboxylic acids is 2. The van der Waals surface area contributed by atoms with Crippen LogP contribution >= 0.6 is 0 Å². The standard InChI is InChI=1S/C17H27N3O2/c1-13(2)16(17(22)19-11-7-6-10-18)20-15(21)12-14-8-4-3-5-9-14/h3-5,8-9,13,16H,6-7,10-12,18H2,1-2H3,(H,19,22)(H,20,21). The summed E-state index contributed by atoms with van der Waals surface area (Å²) >= 11 is 0. The molecule has 0 bridgehead atoms. The summed E-state index contributed by atoms with van der Waals surface area (Å²) in [5.74, 6) is -0.232. The van der Waals surface area contributed by atoms with E-state index in [2.05, 4.69) is 10.6 Å². The van der Waals surface area contributed by atoms with Gasteiger partial charge in [-0.05, 0) is 30.9 Å². The van der Waals surface area contributed by atoms with Crippen molar-refractivity contribution < 1.29 is 9.59 Å². The fourth-order valence-electron chi connectivity index (χ4n) is 2.13. The lowest BCUT2D eigenvalue weighted by Gasteiger charge is -2.21. The van der Waals surface area contributed by atoms with Crippen molar-refractivity contribution in [1.29, 1.82) is 0 Å². The highest BCUT2D eigenvalue weighted by Crippen LogP contribution is 2.04. The summed E-state index contributed by atoms with van der Waals surface area (Å²) in [5, 5.41) is 5.69. The summed E-state index contributed by atoms with van der Waals surface area (Å²) in [6.07, 6.45) is 2.02. The van der Waals surface area contributed by atoms with E-state index in [9.17, 15) is 9.59 Å². The van der Waals surface area contributed by atoms with Crippen molar-refractivity contribution in [3.8, 4) is 0 Å². The van der Waals surface area contributed by atoms with E-state index in [1.807, 2.05) is 44.2 Å². The van der Waals surface area contributed by atoms with Gasteiger partial charge >= 0.3 is 0 Å². The van der Waals surface area contributed by atoms with Gasteiger partial charge in [-0.25, -0.2) is 0 Å². The molecule has 0 heterocycles. The minimum atomic E-state index is -0.505. The molecule has 0 aromatic heterocycles. The van der Waals surface area contributed by atoms with Crippen LogP contribution in [0.3, 0.4) is 0 Å². The van der Waals surface area contributed by atoms with Crippen LogP contribution in [0.2, 0.25) is 0 Å². The number of rotatable bonds is 9. The number of hydrogen-bond donors (Lipinski definition) is 3. The molecule has 22 heavy (non-hydrogen) atoms. The Morgan fingerprint density at radius 1 is 1.14 bits per heavy atom. The number of carbonyl (C=O) groups is 2. The number of nitrogens with two attached hydrogens (primary N) is 1. The quantitative estimate of drug-likeness (QED) is 0.600. The second kappa shape index (κ2) is 9.95. The molecule has 122 valence electrons. The molecule has 0 fully saturated rings. The van der Waals surface area contributed by atoms with Gasteiger partial charge in [0, 0.05) is 6.54 Å². The van der Waals surface area contributed by atoms with Gasteiger partial charge in [-0.3, -0.25) is 9.59 Å². The number of hydrogen-bond acceptors (Lipinski definition) is 3. The molecule has 5 nitrogen and oxygen atoms in total. The third-order valence-electron chi connectivity index (χ3n) is 3.40. The Hall–Kier alpha value is -1.88. The van der Waals surface area contributed by atoms with E-state index in [1.165, 1.54) is 0 Å². The van der Waals surface area contributed by atoms with Crippen molar-refractivity contribution in [3.05, 3.63) is 35.9 Å². The number of amides is 2. The van der Waals surface area contributed by atoms with Crippen LogP contribution in [0.4, 0.5) is 0 Å². The van der Waals surface area contributed by atoms with E-state index < -0.39 is 6.04 Å². The van der Waals surface area contributed by atoms with E-state index in [0.29, 0.717) is 13.1 Å². The van der Waals surface area contributed by atoms with Gasteiger partial charge in [0.1, 0.15) is 6.04 Å². The molecule has 0 aliphatic rings. The van der Waals surface area contributed by atoms with Gasteiger partial charge in [0.25, 0.3) is 0 Å². The Bertz CT molecular complexity index is 460. The van der Waals surface area contributed by atoms with E-state index in [-0.39, 0.29) is 24.2 Å². The van der Waals surface area contributed by atoms with Crippen LogP contribution in [0.5, 0.6) is 0 Å². The van der Waals surface area contributed by atoms with Gasteiger partial charge in [-0.1, -0.05) is 44.2 Å². The fraction of sp³-hybridized carbons (Fsp3) is 0.529. The van der Waals surface area contributed by atoms with E-state index in [0.717, 1.165) is 18.4 Å². The highest BCUT2D eigenvalue weighted by atomic mass is 16.2. The van der Waals surface area contributed by atoms with Crippen LogP contribution in [0.1, 0.15) is 32.3 Å². The molecular weight excluding hydrogens is 278 g/mol. The largest absolute Gasteiger partial charge is 0.354 e. The molecule has 0 spiro atoms. The highest BCUT2D eigenvalue weighted by molar-refractivity contribution is 5.88. The maximum absolute atomic E-state index is 12.2. The van der Waals surface area contributed by atoms with Crippen LogP contribution in [-0.4, -0.2) is 30.9 Å². The maximum atomic E-state index is 12.2. The second-order valence-corrected chi connectivity index (χ2v) is 5.74. The van der Waals surface area contributed by atoms with Crippen LogP contribution in [0.25, 0.3) is 0 Å². The molecule has 0 radical (unpaired) electrons. The molecule has 1 aromatic rings. The predicted molar refractivity (Wildman–Crippen MR) is 88.2 cm³/mol. The molecule has 5 heteroatoms. The lowest BCUT2D eigenvalue weighted by atomic mass is 10.0. The maximum Gasteiger partial charge on any atom is 0.242 e. The number of unbranched alkanes of at least 4 members (excludes halogenated alkanes) is 1.